The van der Waals surface area contributed by atoms with Crippen LogP contribution in [0, 0.1) is 18.7 Å². The minimum Gasteiger partial charge on any atom is -0.317 e. The lowest BCUT2D eigenvalue weighted by molar-refractivity contribution is -0.117. The van der Waals surface area contributed by atoms with E-state index in [9.17, 15) is 9.18 Å². The van der Waals surface area contributed by atoms with Gasteiger partial charge >= 0.3 is 0 Å². The lowest BCUT2D eigenvalue weighted by Crippen LogP contribution is -2.13. The molecule has 2 atom stereocenters. The van der Waals surface area contributed by atoms with Crippen LogP contribution < -0.4 is 5.32 Å². The van der Waals surface area contributed by atoms with Gasteiger partial charge in [0, 0.05) is 29.9 Å². The molecule has 23 heavy (non-hydrogen) atoms. The molecule has 1 saturated carbocycles. The minimum atomic E-state index is -0.337. The maximum Gasteiger partial charge on any atom is 0.228 e. The van der Waals surface area contributed by atoms with E-state index in [1.54, 1.807) is 18.5 Å². The summed E-state index contributed by atoms with van der Waals surface area (Å²) in [6.45, 7) is 2.00. The molecule has 4 nitrogen and oxygen atoms in total. The van der Waals surface area contributed by atoms with Gasteiger partial charge in [-0.25, -0.2) is 4.39 Å². The van der Waals surface area contributed by atoms with Gasteiger partial charge in [0.25, 0.3) is 0 Å². The fourth-order valence-electron chi connectivity index (χ4n) is 2.89. The molecule has 0 bridgehead atoms. The highest BCUT2D eigenvalue weighted by Gasteiger charge is 2.45. The van der Waals surface area contributed by atoms with Gasteiger partial charge in [0.05, 0.1) is 15.9 Å². The number of rotatable bonds is 3. The summed E-state index contributed by atoms with van der Waals surface area (Å²) in [4.78, 5) is 20.3. The first kappa shape index (κ1) is 14.3. The molecule has 1 N–H and O–H groups in total. The molecular formula is C17H14FN3OS. The number of thiophene rings is 1. The van der Waals surface area contributed by atoms with E-state index in [2.05, 4.69) is 15.3 Å². The highest BCUT2D eigenvalue weighted by atomic mass is 32.1. The second-order valence-electron chi connectivity index (χ2n) is 5.81. The van der Waals surface area contributed by atoms with E-state index in [0.29, 0.717) is 12.0 Å². The van der Waals surface area contributed by atoms with Crippen LogP contribution in [0.25, 0.3) is 10.1 Å². The molecule has 1 aliphatic carbocycles. The zero-order chi connectivity index (χ0) is 16.0. The third kappa shape index (κ3) is 2.59. The predicted molar refractivity (Wildman–Crippen MR) is 88.0 cm³/mol. The Morgan fingerprint density at radius 1 is 1.35 bits per heavy atom. The number of carbonyl (C=O) groups is 1. The number of nitrogens with one attached hydrogen (secondary N) is 1. The molecule has 116 valence electrons. The van der Waals surface area contributed by atoms with Gasteiger partial charge in [-0.15, -0.1) is 11.3 Å². The summed E-state index contributed by atoms with van der Waals surface area (Å²) in [5.41, 5.74) is 1.67. The molecular weight excluding hydrogens is 313 g/mol. The molecule has 3 aromatic rings. The molecule has 0 saturated heterocycles. The van der Waals surface area contributed by atoms with Crippen molar-refractivity contribution >= 4 is 32.3 Å². The number of nitrogens with zero attached hydrogens (tertiary/aromatic N) is 2. The Kier molecular flexibility index (Phi) is 3.34. The van der Waals surface area contributed by atoms with Crippen molar-refractivity contribution in [2.75, 3.05) is 5.32 Å². The van der Waals surface area contributed by atoms with Gasteiger partial charge in [-0.2, -0.15) is 0 Å². The Bertz CT molecular complexity index is 908. The fraction of sp³-hybridized carbons (Fsp3) is 0.235. The third-order valence-electron chi connectivity index (χ3n) is 4.22. The van der Waals surface area contributed by atoms with Crippen LogP contribution in [-0.4, -0.2) is 15.9 Å². The normalized spacial score (nSPS) is 19.7. The van der Waals surface area contributed by atoms with Crippen molar-refractivity contribution in [3.05, 3.63) is 53.9 Å². The number of carbonyl (C=O) groups excluding carboxylic acids is 1. The first-order valence-corrected chi connectivity index (χ1v) is 8.19. The minimum absolute atomic E-state index is 0.0456. The first-order chi connectivity index (χ1) is 11.1. The van der Waals surface area contributed by atoms with Crippen molar-refractivity contribution in [3.63, 3.8) is 0 Å². The van der Waals surface area contributed by atoms with E-state index < -0.39 is 0 Å². The Hall–Kier alpha value is -2.34. The van der Waals surface area contributed by atoms with Crippen molar-refractivity contribution in [3.8, 4) is 0 Å². The molecule has 0 spiro atoms. The number of aromatic nitrogens is 2. The molecule has 1 aliphatic rings. The van der Waals surface area contributed by atoms with E-state index in [1.165, 1.54) is 17.5 Å². The van der Waals surface area contributed by atoms with Gasteiger partial charge in [0.15, 0.2) is 0 Å². The predicted octanol–water partition coefficient (Wildman–Crippen LogP) is 3.88. The molecule has 0 aliphatic heterocycles. The lowest BCUT2D eigenvalue weighted by atomic mass is 10.1. The van der Waals surface area contributed by atoms with Gasteiger partial charge < -0.3 is 5.32 Å². The van der Waals surface area contributed by atoms with Crippen LogP contribution in [0.1, 0.15) is 23.5 Å². The summed E-state index contributed by atoms with van der Waals surface area (Å²) in [5, 5.41) is 4.87. The van der Waals surface area contributed by atoms with E-state index in [4.69, 9.17) is 0 Å². The van der Waals surface area contributed by atoms with Crippen LogP contribution in [0.2, 0.25) is 0 Å². The highest BCUT2D eigenvalue weighted by Crippen LogP contribution is 2.48. The van der Waals surface area contributed by atoms with E-state index in [0.717, 1.165) is 20.7 Å². The summed E-state index contributed by atoms with van der Waals surface area (Å²) >= 11 is 1.51. The molecule has 4 rings (SSSR count). The van der Waals surface area contributed by atoms with Crippen LogP contribution in [0.3, 0.4) is 0 Å². The van der Waals surface area contributed by atoms with E-state index >= 15 is 0 Å². The smallest absolute Gasteiger partial charge is 0.228 e. The van der Waals surface area contributed by atoms with Crippen LogP contribution >= 0.6 is 11.3 Å². The molecule has 0 aromatic carbocycles. The van der Waals surface area contributed by atoms with Gasteiger partial charge in [-0.1, -0.05) is 0 Å². The Morgan fingerprint density at radius 2 is 2.22 bits per heavy atom. The number of amides is 1. The zero-order valence-electron chi connectivity index (χ0n) is 12.4. The number of pyridine rings is 2. The van der Waals surface area contributed by atoms with Gasteiger partial charge in [0.1, 0.15) is 5.82 Å². The summed E-state index contributed by atoms with van der Waals surface area (Å²) in [6.07, 6.45) is 7.05. The third-order valence-corrected chi connectivity index (χ3v) is 5.21. The number of anilines is 1. The van der Waals surface area contributed by atoms with E-state index in [-0.39, 0.29) is 23.6 Å². The van der Waals surface area contributed by atoms with Crippen LogP contribution in [0.15, 0.2) is 36.9 Å². The SMILES string of the molecule is Cc1cncc2sc(NC(=O)[C@@H]3CC3c3ccncc3F)cc12. The standard InChI is InChI=1S/C17H14FN3OS/c1-9-6-20-8-15-11(9)5-16(23-15)21-17(22)13-4-12(13)10-2-3-19-7-14(10)18/h2-3,5-8,12-13H,4H2,1H3,(H,21,22)/t12?,13-/m1/s1. The van der Waals surface area contributed by atoms with Gasteiger partial charge in [-0.3, -0.25) is 14.8 Å². The molecule has 0 radical (unpaired) electrons. The average Bonchev–Trinajstić information content (AvgIpc) is 3.21. The highest BCUT2D eigenvalue weighted by molar-refractivity contribution is 7.22. The van der Waals surface area contributed by atoms with Crippen molar-refractivity contribution in [2.45, 2.75) is 19.3 Å². The molecule has 1 fully saturated rings. The van der Waals surface area contributed by atoms with Crippen LogP contribution in [-0.2, 0) is 4.79 Å². The Morgan fingerprint density at radius 3 is 3.00 bits per heavy atom. The number of halogens is 1. The molecule has 3 aromatic heterocycles. The van der Waals surface area contributed by atoms with E-state index in [1.807, 2.05) is 19.2 Å². The monoisotopic (exact) mass is 327 g/mol. The molecule has 1 unspecified atom stereocenters. The van der Waals surface area contributed by atoms with Gasteiger partial charge in [0.2, 0.25) is 5.91 Å². The van der Waals surface area contributed by atoms with Gasteiger partial charge in [-0.05, 0) is 42.5 Å². The topological polar surface area (TPSA) is 54.9 Å². The summed E-state index contributed by atoms with van der Waals surface area (Å²) in [6, 6.07) is 3.63. The number of hydrogen-bond donors (Lipinski definition) is 1. The summed E-state index contributed by atoms with van der Waals surface area (Å²) < 4.78 is 14.8. The second-order valence-corrected chi connectivity index (χ2v) is 6.90. The van der Waals surface area contributed by atoms with Crippen molar-refractivity contribution in [1.82, 2.24) is 9.97 Å². The average molecular weight is 327 g/mol. The van der Waals surface area contributed by atoms with Crippen molar-refractivity contribution < 1.29 is 9.18 Å². The summed E-state index contributed by atoms with van der Waals surface area (Å²) in [5.74, 6) is -0.605. The zero-order valence-corrected chi connectivity index (χ0v) is 13.2. The maximum atomic E-state index is 13.7. The van der Waals surface area contributed by atoms with Crippen LogP contribution in [0.4, 0.5) is 9.39 Å². The molecule has 3 heterocycles. The maximum absolute atomic E-state index is 13.7. The molecule has 1 amide bonds. The number of hydrogen-bond acceptors (Lipinski definition) is 4. The van der Waals surface area contributed by atoms with Crippen molar-refractivity contribution in [1.29, 1.82) is 0 Å². The summed E-state index contributed by atoms with van der Waals surface area (Å²) in [7, 11) is 0. The largest absolute Gasteiger partial charge is 0.317 e. The first-order valence-electron chi connectivity index (χ1n) is 7.38. The van der Waals surface area contributed by atoms with Crippen LogP contribution in [0.5, 0.6) is 0 Å². The second kappa shape index (κ2) is 5.38. The number of aryl methyl sites for hydroxylation is 1. The Balaban J connectivity index is 1.50. The lowest BCUT2D eigenvalue weighted by Gasteiger charge is -2.03. The van der Waals surface area contributed by atoms with Crippen molar-refractivity contribution in [2.24, 2.45) is 5.92 Å². The quantitative estimate of drug-likeness (QED) is 0.794. The Labute approximate surface area is 136 Å². The molecule has 6 heteroatoms. The number of fused-ring (bicyclic) bond motifs is 1. The fourth-order valence-corrected chi connectivity index (χ4v) is 3.90.